The summed E-state index contributed by atoms with van der Waals surface area (Å²) in [7, 11) is 0. The van der Waals surface area contributed by atoms with Crippen LogP contribution in [0, 0.1) is 31.6 Å². The maximum absolute atomic E-state index is 11.5. The highest BCUT2D eigenvalue weighted by molar-refractivity contribution is 7.14. The molecular formula is C30H35N3O4S. The minimum Gasteiger partial charge on any atom is -0.488 e. The molecule has 1 saturated carbocycles. The summed E-state index contributed by atoms with van der Waals surface area (Å²) in [5, 5.41) is 12.5. The lowest BCUT2D eigenvalue weighted by atomic mass is 9.62. The van der Waals surface area contributed by atoms with Crippen LogP contribution in [0.2, 0.25) is 0 Å². The third kappa shape index (κ3) is 5.17. The van der Waals surface area contributed by atoms with Crippen molar-refractivity contribution in [1.82, 2.24) is 9.88 Å². The zero-order valence-electron chi connectivity index (χ0n) is 22.1. The van der Waals surface area contributed by atoms with Crippen LogP contribution in [0.5, 0.6) is 5.75 Å². The van der Waals surface area contributed by atoms with E-state index in [1.807, 2.05) is 6.07 Å². The molecule has 7 nitrogen and oxygen atoms in total. The number of carbonyl (C=O) groups is 1. The van der Waals surface area contributed by atoms with Gasteiger partial charge in [-0.2, -0.15) is 0 Å². The second-order valence-corrected chi connectivity index (χ2v) is 11.8. The Morgan fingerprint density at radius 1 is 1.13 bits per heavy atom. The number of benzene rings is 2. The number of fused-ring (bicyclic) bond motifs is 2. The van der Waals surface area contributed by atoms with Crippen molar-refractivity contribution >= 4 is 22.4 Å². The molecule has 7 rings (SSSR count). The Bertz CT molecular complexity index is 1310. The third-order valence-corrected chi connectivity index (χ3v) is 9.19. The zero-order valence-corrected chi connectivity index (χ0v) is 22.9. The number of ether oxygens (including phenoxy) is 2. The highest BCUT2D eigenvalue weighted by Gasteiger charge is 2.51. The number of anilines is 1. The number of morpholine rings is 1. The molecule has 4 aliphatic rings. The van der Waals surface area contributed by atoms with Gasteiger partial charge in [-0.1, -0.05) is 29.8 Å². The number of piperidine rings is 2. The zero-order chi connectivity index (χ0) is 26.2. The van der Waals surface area contributed by atoms with Crippen molar-refractivity contribution in [3.8, 4) is 17.0 Å². The van der Waals surface area contributed by atoms with Gasteiger partial charge in [0.15, 0.2) is 5.13 Å². The Morgan fingerprint density at radius 2 is 1.92 bits per heavy atom. The first-order chi connectivity index (χ1) is 18.4. The van der Waals surface area contributed by atoms with Crippen LogP contribution in [-0.2, 0) is 22.7 Å². The summed E-state index contributed by atoms with van der Waals surface area (Å²) in [4.78, 5) is 21.2. The van der Waals surface area contributed by atoms with E-state index in [1.54, 1.807) is 11.3 Å². The van der Waals surface area contributed by atoms with Gasteiger partial charge >= 0.3 is 5.97 Å². The number of aromatic nitrogens is 1. The fourth-order valence-electron chi connectivity index (χ4n) is 6.14. The average Bonchev–Trinajstić information content (AvgIpc) is 3.39. The van der Waals surface area contributed by atoms with Gasteiger partial charge < -0.3 is 19.5 Å². The van der Waals surface area contributed by atoms with Crippen molar-refractivity contribution < 1.29 is 19.4 Å². The summed E-state index contributed by atoms with van der Waals surface area (Å²) in [5.74, 6) is 0.477. The number of carboxylic acids is 1. The molecule has 8 heteroatoms. The van der Waals surface area contributed by atoms with Gasteiger partial charge in [0.25, 0.3) is 0 Å². The normalized spacial score (nSPS) is 23.2. The van der Waals surface area contributed by atoms with E-state index in [-0.39, 0.29) is 17.8 Å². The molecule has 4 heterocycles. The van der Waals surface area contributed by atoms with E-state index >= 15 is 0 Å². The van der Waals surface area contributed by atoms with Gasteiger partial charge in [0, 0.05) is 43.7 Å². The second-order valence-electron chi connectivity index (χ2n) is 11.0. The molecule has 2 aromatic carbocycles. The number of hydrogen-bond donors (Lipinski definition) is 1. The van der Waals surface area contributed by atoms with E-state index in [9.17, 15) is 9.90 Å². The lowest BCUT2D eigenvalue weighted by Crippen LogP contribution is -2.57. The molecule has 1 unspecified atom stereocenters. The van der Waals surface area contributed by atoms with E-state index in [2.05, 4.69) is 59.4 Å². The van der Waals surface area contributed by atoms with Gasteiger partial charge in [-0.3, -0.25) is 9.69 Å². The smallest absolute Gasteiger partial charge is 0.307 e. The van der Waals surface area contributed by atoms with Crippen molar-refractivity contribution in [3.63, 3.8) is 0 Å². The number of nitrogens with zero attached hydrogens (tertiary/aromatic N) is 3. The Labute approximate surface area is 228 Å². The van der Waals surface area contributed by atoms with Crippen LogP contribution >= 0.6 is 11.3 Å². The lowest BCUT2D eigenvalue weighted by Gasteiger charge is -2.51. The van der Waals surface area contributed by atoms with E-state index < -0.39 is 5.97 Å². The molecule has 2 bridgehead atoms. The van der Waals surface area contributed by atoms with E-state index in [1.165, 1.54) is 16.7 Å². The second kappa shape index (κ2) is 10.7. The SMILES string of the molecule is Cc1ccc(OCc2ccc(CN3CCOCC3)cc2C)c(-c2csc(N3C[C@H]4C[C@@H](C3)C4C(=O)O)n2)c1. The van der Waals surface area contributed by atoms with Crippen molar-refractivity contribution in [3.05, 3.63) is 64.0 Å². The van der Waals surface area contributed by atoms with Crippen LogP contribution in [0.1, 0.15) is 28.7 Å². The highest BCUT2D eigenvalue weighted by Crippen LogP contribution is 2.47. The molecule has 1 N–H and O–H groups in total. The number of carboxylic acid groups (broad SMARTS) is 1. The molecule has 38 heavy (non-hydrogen) atoms. The first-order valence-corrected chi connectivity index (χ1v) is 14.4. The molecular weight excluding hydrogens is 498 g/mol. The number of rotatable bonds is 8. The predicted octanol–water partition coefficient (Wildman–Crippen LogP) is 5.00. The van der Waals surface area contributed by atoms with Crippen LogP contribution < -0.4 is 9.64 Å². The minimum absolute atomic E-state index is 0.181. The van der Waals surface area contributed by atoms with Crippen molar-refractivity contribution in [2.24, 2.45) is 17.8 Å². The lowest BCUT2D eigenvalue weighted by molar-refractivity contribution is -0.153. The van der Waals surface area contributed by atoms with Crippen LogP contribution in [-0.4, -0.2) is 60.4 Å². The quantitative estimate of drug-likeness (QED) is 0.437. The van der Waals surface area contributed by atoms with E-state index in [0.29, 0.717) is 6.61 Å². The Kier molecular flexibility index (Phi) is 7.12. The molecule has 1 aliphatic carbocycles. The Hall–Kier alpha value is -2.94. The van der Waals surface area contributed by atoms with Crippen molar-refractivity contribution in [2.45, 2.75) is 33.4 Å². The maximum atomic E-state index is 11.5. The van der Waals surface area contributed by atoms with Crippen LogP contribution in [0.25, 0.3) is 11.3 Å². The Balaban J connectivity index is 1.14. The van der Waals surface area contributed by atoms with Gasteiger partial charge in [-0.25, -0.2) is 4.98 Å². The van der Waals surface area contributed by atoms with E-state index in [4.69, 9.17) is 14.5 Å². The van der Waals surface area contributed by atoms with Gasteiger partial charge in [-0.15, -0.1) is 11.3 Å². The van der Waals surface area contributed by atoms with Crippen LogP contribution in [0.15, 0.2) is 41.8 Å². The monoisotopic (exact) mass is 533 g/mol. The fraction of sp³-hybridized carbons (Fsp3) is 0.467. The number of thiazole rings is 1. The first kappa shape index (κ1) is 25.3. The van der Waals surface area contributed by atoms with Crippen molar-refractivity contribution in [1.29, 1.82) is 0 Å². The first-order valence-electron chi connectivity index (χ1n) is 13.5. The fourth-order valence-corrected chi connectivity index (χ4v) is 6.99. The summed E-state index contributed by atoms with van der Waals surface area (Å²) in [6, 6.07) is 12.9. The molecule has 0 spiro atoms. The summed E-state index contributed by atoms with van der Waals surface area (Å²) in [6.45, 7) is 10.8. The Morgan fingerprint density at radius 3 is 2.66 bits per heavy atom. The molecule has 0 radical (unpaired) electrons. The number of aryl methyl sites for hydroxylation is 2. The molecule has 4 fully saturated rings. The molecule has 3 saturated heterocycles. The van der Waals surface area contributed by atoms with Gasteiger partial charge in [0.2, 0.25) is 0 Å². The largest absolute Gasteiger partial charge is 0.488 e. The average molecular weight is 534 g/mol. The minimum atomic E-state index is -0.644. The summed E-state index contributed by atoms with van der Waals surface area (Å²) in [5.41, 5.74) is 6.82. The van der Waals surface area contributed by atoms with Crippen LogP contribution in [0.3, 0.4) is 0 Å². The predicted molar refractivity (Wildman–Crippen MR) is 149 cm³/mol. The summed E-state index contributed by atoms with van der Waals surface area (Å²) in [6.07, 6.45) is 1.02. The summed E-state index contributed by atoms with van der Waals surface area (Å²) < 4.78 is 11.9. The van der Waals surface area contributed by atoms with Crippen molar-refractivity contribution in [2.75, 3.05) is 44.3 Å². The maximum Gasteiger partial charge on any atom is 0.307 e. The van der Waals surface area contributed by atoms with Gasteiger partial charge in [0.05, 0.1) is 24.8 Å². The molecule has 0 amide bonds. The highest BCUT2D eigenvalue weighted by atomic mass is 32.1. The summed E-state index contributed by atoms with van der Waals surface area (Å²) >= 11 is 1.63. The molecule has 1 aromatic heterocycles. The number of aliphatic carboxylic acids is 1. The third-order valence-electron chi connectivity index (χ3n) is 8.29. The molecule has 3 atom stereocenters. The molecule has 200 valence electrons. The van der Waals surface area contributed by atoms with E-state index in [0.717, 1.165) is 80.1 Å². The standard InChI is InChI=1S/C30H35N3O4S/c1-19-3-6-27(37-17-22-5-4-21(12-20(22)2)14-32-7-9-36-10-8-32)25(11-19)26-18-38-30(31-26)33-15-23-13-24(16-33)28(23)29(34)35/h3-6,11-12,18,23-24,28H,7-10,13-17H2,1-2H3,(H,34,35)/t23-,24+,28?. The molecule has 3 aliphatic heterocycles. The van der Waals surface area contributed by atoms with Gasteiger partial charge in [0.1, 0.15) is 12.4 Å². The van der Waals surface area contributed by atoms with Gasteiger partial charge in [-0.05, 0) is 60.9 Å². The van der Waals surface area contributed by atoms with Crippen LogP contribution in [0.4, 0.5) is 5.13 Å². The topological polar surface area (TPSA) is 75.1 Å². The molecule has 3 aromatic rings. The number of hydrogen-bond acceptors (Lipinski definition) is 7.